The molecule has 11 heteroatoms. The summed E-state index contributed by atoms with van der Waals surface area (Å²) in [5.41, 5.74) is 3.20. The molecule has 1 fully saturated rings. The Morgan fingerprint density at radius 1 is 1.14 bits per heavy atom. The first-order valence-electron chi connectivity index (χ1n) is 12.2. The molecule has 1 aromatic heterocycles. The lowest BCUT2D eigenvalue weighted by molar-refractivity contribution is 0.0395. The standard InChI is InChI=1S/C26H34N4O6S/c1-5-21(25-20-16-23(34-2)24(35-3)17-22(20)28-26(25)31)27-18-6-8-19(9-7-18)30(37(4,32)33)11-10-29-12-14-36-15-13-29/h6-9,16-17,28,31H,5,10-15H2,1-4H3. The van der Waals surface area contributed by atoms with Crippen LogP contribution in [0.5, 0.6) is 17.4 Å². The van der Waals surface area contributed by atoms with E-state index >= 15 is 0 Å². The number of rotatable bonds is 10. The predicted octanol–water partition coefficient (Wildman–Crippen LogP) is 3.52. The Bertz CT molecular complexity index is 1360. The molecule has 2 heterocycles. The number of methoxy groups -OCH3 is 2. The van der Waals surface area contributed by atoms with E-state index in [1.807, 2.05) is 13.0 Å². The molecule has 0 unspecified atom stereocenters. The average Bonchev–Trinajstić information content (AvgIpc) is 3.21. The summed E-state index contributed by atoms with van der Waals surface area (Å²) in [6, 6.07) is 10.7. The van der Waals surface area contributed by atoms with E-state index in [1.165, 1.54) is 10.6 Å². The summed E-state index contributed by atoms with van der Waals surface area (Å²) in [6.07, 6.45) is 1.78. The number of hydrogen-bond donors (Lipinski definition) is 2. The topological polar surface area (TPSA) is 117 Å². The highest BCUT2D eigenvalue weighted by molar-refractivity contribution is 7.92. The molecule has 1 aliphatic heterocycles. The Hall–Kier alpha value is -3.28. The smallest absolute Gasteiger partial charge is 0.232 e. The second kappa shape index (κ2) is 11.4. The maximum Gasteiger partial charge on any atom is 0.232 e. The zero-order valence-corrected chi connectivity index (χ0v) is 22.5. The Morgan fingerprint density at radius 3 is 2.38 bits per heavy atom. The molecule has 4 rings (SSSR count). The number of aliphatic imine (C=N–C) groups is 1. The molecule has 3 aromatic rings. The zero-order chi connectivity index (χ0) is 26.6. The van der Waals surface area contributed by atoms with Crippen molar-refractivity contribution in [3.63, 3.8) is 0 Å². The number of anilines is 1. The lowest BCUT2D eigenvalue weighted by atomic mass is 10.1. The molecule has 37 heavy (non-hydrogen) atoms. The minimum absolute atomic E-state index is 0.00823. The predicted molar refractivity (Wildman–Crippen MR) is 145 cm³/mol. The van der Waals surface area contributed by atoms with Crippen molar-refractivity contribution < 1.29 is 27.7 Å². The Balaban J connectivity index is 1.62. The van der Waals surface area contributed by atoms with E-state index in [1.54, 1.807) is 44.6 Å². The second-order valence-corrected chi connectivity index (χ2v) is 10.7. The first kappa shape index (κ1) is 26.8. The molecule has 200 valence electrons. The van der Waals surface area contributed by atoms with Crippen LogP contribution in [0.3, 0.4) is 0 Å². The van der Waals surface area contributed by atoms with Gasteiger partial charge < -0.3 is 24.3 Å². The number of morpholine rings is 1. The molecular formula is C26H34N4O6S. The summed E-state index contributed by atoms with van der Waals surface area (Å²) < 4.78 is 42.7. The third-order valence-electron chi connectivity index (χ3n) is 6.43. The number of ether oxygens (including phenoxy) is 3. The van der Waals surface area contributed by atoms with E-state index in [2.05, 4.69) is 9.88 Å². The Labute approximate surface area is 217 Å². The fourth-order valence-corrected chi connectivity index (χ4v) is 5.42. The molecule has 0 atom stereocenters. The van der Waals surface area contributed by atoms with Crippen molar-refractivity contribution >= 4 is 38.0 Å². The van der Waals surface area contributed by atoms with Gasteiger partial charge in [0.05, 0.1) is 61.9 Å². The van der Waals surface area contributed by atoms with Crippen LogP contribution in [0, 0.1) is 0 Å². The number of benzene rings is 2. The van der Waals surface area contributed by atoms with Crippen LogP contribution in [-0.4, -0.2) is 89.0 Å². The van der Waals surface area contributed by atoms with Crippen LogP contribution < -0.4 is 13.8 Å². The first-order valence-corrected chi connectivity index (χ1v) is 14.0. The van der Waals surface area contributed by atoms with Gasteiger partial charge in [0.2, 0.25) is 10.0 Å². The summed E-state index contributed by atoms with van der Waals surface area (Å²) in [5.74, 6) is 1.11. The van der Waals surface area contributed by atoms with Gasteiger partial charge in [-0.1, -0.05) is 6.92 Å². The molecule has 2 N–H and O–H groups in total. The lowest BCUT2D eigenvalue weighted by Crippen LogP contribution is -2.42. The summed E-state index contributed by atoms with van der Waals surface area (Å²) in [5, 5.41) is 11.5. The third-order valence-corrected chi connectivity index (χ3v) is 7.63. The summed E-state index contributed by atoms with van der Waals surface area (Å²) >= 11 is 0. The van der Waals surface area contributed by atoms with E-state index in [0.29, 0.717) is 72.4 Å². The van der Waals surface area contributed by atoms with Crippen molar-refractivity contribution in [3.05, 3.63) is 42.0 Å². The van der Waals surface area contributed by atoms with Gasteiger partial charge in [-0.15, -0.1) is 0 Å². The van der Waals surface area contributed by atoms with Gasteiger partial charge >= 0.3 is 0 Å². The monoisotopic (exact) mass is 530 g/mol. The number of aromatic amines is 1. The maximum atomic E-state index is 12.5. The quantitative estimate of drug-likeness (QED) is 0.385. The highest BCUT2D eigenvalue weighted by Crippen LogP contribution is 2.37. The summed E-state index contributed by atoms with van der Waals surface area (Å²) in [4.78, 5) is 9.98. The molecule has 10 nitrogen and oxygen atoms in total. The van der Waals surface area contributed by atoms with Crippen LogP contribution in [0.1, 0.15) is 18.9 Å². The van der Waals surface area contributed by atoms with E-state index in [-0.39, 0.29) is 5.88 Å². The molecule has 1 saturated heterocycles. The van der Waals surface area contributed by atoms with Crippen LogP contribution in [-0.2, 0) is 14.8 Å². The number of H-pyrrole nitrogens is 1. The van der Waals surface area contributed by atoms with Gasteiger partial charge in [-0.25, -0.2) is 8.42 Å². The number of nitrogens with zero attached hydrogens (tertiary/aromatic N) is 3. The van der Waals surface area contributed by atoms with E-state index in [9.17, 15) is 13.5 Å². The van der Waals surface area contributed by atoms with Gasteiger partial charge in [-0.05, 0) is 36.8 Å². The van der Waals surface area contributed by atoms with Crippen LogP contribution in [0.15, 0.2) is 41.4 Å². The van der Waals surface area contributed by atoms with Gasteiger partial charge in [0.25, 0.3) is 0 Å². The average molecular weight is 531 g/mol. The normalized spacial score (nSPS) is 15.2. The number of hydrogen-bond acceptors (Lipinski definition) is 8. The van der Waals surface area contributed by atoms with Crippen LogP contribution in [0.4, 0.5) is 11.4 Å². The van der Waals surface area contributed by atoms with Gasteiger partial charge in [0.1, 0.15) is 0 Å². The van der Waals surface area contributed by atoms with Gasteiger partial charge in [0.15, 0.2) is 17.4 Å². The van der Waals surface area contributed by atoms with Crippen LogP contribution in [0.25, 0.3) is 10.9 Å². The largest absolute Gasteiger partial charge is 0.494 e. The number of fused-ring (bicyclic) bond motifs is 1. The first-order chi connectivity index (χ1) is 17.7. The maximum absolute atomic E-state index is 12.5. The number of aromatic nitrogens is 1. The highest BCUT2D eigenvalue weighted by atomic mass is 32.2. The van der Waals surface area contributed by atoms with Gasteiger partial charge in [0, 0.05) is 37.6 Å². The van der Waals surface area contributed by atoms with Crippen molar-refractivity contribution in [2.75, 3.05) is 64.2 Å². The summed E-state index contributed by atoms with van der Waals surface area (Å²) in [6.45, 7) is 5.87. The number of sulfonamides is 1. The lowest BCUT2D eigenvalue weighted by Gasteiger charge is -2.30. The van der Waals surface area contributed by atoms with Crippen molar-refractivity contribution in [2.45, 2.75) is 13.3 Å². The van der Waals surface area contributed by atoms with Gasteiger partial charge in [-0.3, -0.25) is 14.2 Å². The Kier molecular flexibility index (Phi) is 8.25. The molecule has 0 radical (unpaired) electrons. The molecule has 0 bridgehead atoms. The SMILES string of the molecule is CCC(=Nc1ccc(N(CCN2CCOCC2)S(C)(=O)=O)cc1)c1c(O)[nH]c2cc(OC)c(OC)cc12. The molecule has 0 spiro atoms. The van der Waals surface area contributed by atoms with Crippen molar-refractivity contribution in [3.8, 4) is 17.4 Å². The number of nitrogens with one attached hydrogen (secondary N) is 1. The second-order valence-electron chi connectivity index (χ2n) is 8.82. The molecule has 2 aromatic carbocycles. The van der Waals surface area contributed by atoms with Crippen LogP contribution in [0.2, 0.25) is 0 Å². The summed E-state index contributed by atoms with van der Waals surface area (Å²) in [7, 11) is -0.335. The molecule has 1 aliphatic rings. The number of aromatic hydroxyl groups is 1. The van der Waals surface area contributed by atoms with E-state index in [4.69, 9.17) is 19.2 Å². The Morgan fingerprint density at radius 2 is 1.78 bits per heavy atom. The molecule has 0 saturated carbocycles. The minimum atomic E-state index is -3.46. The third kappa shape index (κ3) is 6.00. The fourth-order valence-electron chi connectivity index (χ4n) is 4.50. The minimum Gasteiger partial charge on any atom is -0.494 e. The van der Waals surface area contributed by atoms with Gasteiger partial charge in [-0.2, -0.15) is 0 Å². The van der Waals surface area contributed by atoms with E-state index < -0.39 is 10.0 Å². The molecule has 0 aliphatic carbocycles. The molecule has 0 amide bonds. The van der Waals surface area contributed by atoms with Crippen molar-refractivity contribution in [1.29, 1.82) is 0 Å². The zero-order valence-electron chi connectivity index (χ0n) is 21.7. The van der Waals surface area contributed by atoms with Crippen molar-refractivity contribution in [2.24, 2.45) is 4.99 Å². The highest BCUT2D eigenvalue weighted by Gasteiger charge is 2.21. The van der Waals surface area contributed by atoms with E-state index in [0.717, 1.165) is 18.5 Å². The fraction of sp³-hybridized carbons (Fsp3) is 0.423. The molecular weight excluding hydrogens is 496 g/mol. The van der Waals surface area contributed by atoms with Crippen molar-refractivity contribution in [1.82, 2.24) is 9.88 Å². The van der Waals surface area contributed by atoms with Crippen LogP contribution >= 0.6 is 0 Å².